The van der Waals surface area contributed by atoms with Gasteiger partial charge in [0.2, 0.25) is 0 Å². The van der Waals surface area contributed by atoms with Gasteiger partial charge in [0.05, 0.1) is 29.5 Å². The van der Waals surface area contributed by atoms with Crippen molar-refractivity contribution in [3.05, 3.63) is 83.1 Å². The van der Waals surface area contributed by atoms with Gasteiger partial charge in [-0.05, 0) is 54.6 Å². The summed E-state index contributed by atoms with van der Waals surface area (Å²) in [5.74, 6) is -2.66. The van der Waals surface area contributed by atoms with E-state index in [-0.39, 0.29) is 28.3 Å². The molecule has 1 amide bonds. The Hall–Kier alpha value is -4.67. The Morgan fingerprint density at radius 2 is 1.77 bits per heavy atom. The third-order valence-corrected chi connectivity index (χ3v) is 4.99. The summed E-state index contributed by atoms with van der Waals surface area (Å²) in [6, 6.07) is 13.8. The summed E-state index contributed by atoms with van der Waals surface area (Å²) in [7, 11) is 1.23. The van der Waals surface area contributed by atoms with Gasteiger partial charge in [-0.3, -0.25) is 4.79 Å². The number of nitrogens with zero attached hydrogens (tertiary/aromatic N) is 2. The number of hydrogen-bond donors (Lipinski definition) is 1. The highest BCUT2D eigenvalue weighted by Crippen LogP contribution is 2.33. The monoisotopic (exact) mass is 484 g/mol. The first-order chi connectivity index (χ1) is 16.6. The molecule has 2 heterocycles. The van der Waals surface area contributed by atoms with E-state index in [1.54, 1.807) is 12.1 Å². The van der Waals surface area contributed by atoms with E-state index in [2.05, 4.69) is 9.84 Å². The number of methoxy groups -OCH3 is 1. The molecule has 1 aliphatic rings. The average Bonchev–Trinajstić information content (AvgIpc) is 3.44. The molecule has 0 aliphatic carbocycles. The van der Waals surface area contributed by atoms with E-state index in [4.69, 9.17) is 9.52 Å². The van der Waals surface area contributed by atoms with Crippen LogP contribution >= 0.6 is 0 Å². The molecule has 0 saturated heterocycles. The summed E-state index contributed by atoms with van der Waals surface area (Å²) in [6.45, 7) is 0. The quantitative estimate of drug-likeness (QED) is 0.412. The van der Waals surface area contributed by atoms with Crippen LogP contribution in [0.5, 0.6) is 0 Å². The number of halogens is 3. The molecule has 0 spiro atoms. The summed E-state index contributed by atoms with van der Waals surface area (Å²) in [5, 5.41) is 13.0. The molecule has 8 nitrogen and oxygen atoms in total. The van der Waals surface area contributed by atoms with E-state index in [1.807, 2.05) is 0 Å². The predicted molar refractivity (Wildman–Crippen MR) is 118 cm³/mol. The molecule has 1 aliphatic heterocycles. The fourth-order valence-electron chi connectivity index (χ4n) is 3.32. The molecular formula is C24H15F3N2O6. The summed E-state index contributed by atoms with van der Waals surface area (Å²) in [6.07, 6.45) is -4.02. The van der Waals surface area contributed by atoms with Crippen molar-refractivity contribution >= 4 is 35.3 Å². The van der Waals surface area contributed by atoms with Gasteiger partial charge in [0.15, 0.2) is 5.71 Å². The maximum Gasteiger partial charge on any atom is 0.435 e. The van der Waals surface area contributed by atoms with Crippen LogP contribution in [0.25, 0.3) is 17.4 Å². The Morgan fingerprint density at radius 3 is 2.40 bits per heavy atom. The number of rotatable bonds is 5. The number of carbonyl (C=O) groups excluding carboxylic acids is 2. The molecule has 0 atom stereocenters. The van der Waals surface area contributed by atoms with Crippen LogP contribution in [0.2, 0.25) is 0 Å². The van der Waals surface area contributed by atoms with Crippen molar-refractivity contribution < 1.29 is 41.8 Å². The zero-order valence-electron chi connectivity index (χ0n) is 17.9. The van der Waals surface area contributed by atoms with Gasteiger partial charge in [-0.15, -0.1) is 0 Å². The number of carboxylic acids is 1. The Balaban J connectivity index is 1.68. The van der Waals surface area contributed by atoms with Crippen molar-refractivity contribution in [2.24, 2.45) is 5.10 Å². The molecule has 35 heavy (non-hydrogen) atoms. The van der Waals surface area contributed by atoms with Crippen LogP contribution in [0.1, 0.15) is 26.5 Å². The largest absolute Gasteiger partial charge is 0.478 e. The molecule has 0 bridgehead atoms. The number of alkyl halides is 3. The van der Waals surface area contributed by atoms with Gasteiger partial charge < -0.3 is 14.3 Å². The highest BCUT2D eigenvalue weighted by molar-refractivity contribution is 6.34. The van der Waals surface area contributed by atoms with E-state index in [0.29, 0.717) is 10.6 Å². The minimum Gasteiger partial charge on any atom is -0.478 e. The van der Waals surface area contributed by atoms with Crippen LogP contribution in [0.3, 0.4) is 0 Å². The number of ether oxygens (including phenoxy) is 1. The van der Waals surface area contributed by atoms with Crippen LogP contribution in [-0.4, -0.2) is 42.0 Å². The summed E-state index contributed by atoms with van der Waals surface area (Å²) < 4.78 is 51.3. The highest BCUT2D eigenvalue weighted by atomic mass is 19.4. The molecule has 2 aromatic carbocycles. The van der Waals surface area contributed by atoms with Crippen molar-refractivity contribution in [3.63, 3.8) is 0 Å². The number of amides is 1. The molecule has 11 heteroatoms. The van der Waals surface area contributed by atoms with Crippen LogP contribution in [0.4, 0.5) is 18.9 Å². The van der Waals surface area contributed by atoms with Gasteiger partial charge in [0, 0.05) is 5.56 Å². The number of carboxylic acid groups (broad SMARTS) is 1. The smallest absolute Gasteiger partial charge is 0.435 e. The number of carbonyl (C=O) groups is 3. The second-order valence-corrected chi connectivity index (χ2v) is 7.25. The van der Waals surface area contributed by atoms with Crippen molar-refractivity contribution in [2.75, 3.05) is 12.1 Å². The van der Waals surface area contributed by atoms with Crippen LogP contribution in [-0.2, 0) is 9.53 Å². The first kappa shape index (κ1) is 23.5. The number of hydrogen-bond acceptors (Lipinski definition) is 6. The van der Waals surface area contributed by atoms with Crippen LogP contribution in [0.15, 0.2) is 75.8 Å². The van der Waals surface area contributed by atoms with E-state index in [9.17, 15) is 27.6 Å². The second-order valence-electron chi connectivity index (χ2n) is 7.25. The lowest BCUT2D eigenvalue weighted by atomic mass is 10.1. The minimum atomic E-state index is -4.94. The SMILES string of the molecule is COC(=O)c1cccc(-c2ccc(C=C3C(=O)N(c4ccc(C(=O)O)cc4)N=C3C(F)(F)F)o2)c1. The molecule has 0 saturated carbocycles. The molecule has 0 radical (unpaired) electrons. The Labute approximate surface area is 195 Å². The van der Waals surface area contributed by atoms with Gasteiger partial charge in [-0.25, -0.2) is 9.59 Å². The van der Waals surface area contributed by atoms with Gasteiger partial charge in [0.25, 0.3) is 5.91 Å². The lowest BCUT2D eigenvalue weighted by Gasteiger charge is -2.11. The van der Waals surface area contributed by atoms with Crippen LogP contribution in [0, 0.1) is 0 Å². The third kappa shape index (κ3) is 4.69. The standard InChI is InChI=1S/C24H15F3N2O6/c1-34-23(33)15-4-2-3-14(11-15)19-10-9-17(35-19)12-18-20(24(25,26)27)28-29(21(18)30)16-7-5-13(6-8-16)22(31)32/h2-12H,1H3,(H,31,32). The fraction of sp³-hybridized carbons (Fsp3) is 0.0833. The molecule has 4 rings (SSSR count). The molecule has 0 fully saturated rings. The number of anilines is 1. The van der Waals surface area contributed by atoms with Crippen molar-refractivity contribution in [1.29, 1.82) is 0 Å². The van der Waals surface area contributed by atoms with Crippen LogP contribution < -0.4 is 5.01 Å². The third-order valence-electron chi connectivity index (χ3n) is 4.99. The van der Waals surface area contributed by atoms with E-state index >= 15 is 0 Å². The van der Waals surface area contributed by atoms with Gasteiger partial charge >= 0.3 is 18.1 Å². The number of esters is 1. The summed E-state index contributed by atoms with van der Waals surface area (Å²) in [4.78, 5) is 35.6. The summed E-state index contributed by atoms with van der Waals surface area (Å²) >= 11 is 0. The second kappa shape index (κ2) is 8.93. The number of benzene rings is 2. The average molecular weight is 484 g/mol. The Bertz CT molecular complexity index is 1390. The zero-order chi connectivity index (χ0) is 25.3. The maximum absolute atomic E-state index is 13.7. The van der Waals surface area contributed by atoms with Crippen molar-refractivity contribution in [3.8, 4) is 11.3 Å². The number of furan rings is 1. The molecule has 3 aromatic rings. The molecule has 1 N–H and O–H groups in total. The van der Waals surface area contributed by atoms with E-state index in [0.717, 1.165) is 18.2 Å². The van der Waals surface area contributed by atoms with E-state index in [1.165, 1.54) is 43.5 Å². The lowest BCUT2D eigenvalue weighted by Crippen LogP contribution is -2.25. The lowest BCUT2D eigenvalue weighted by molar-refractivity contribution is -0.114. The molecule has 1 aromatic heterocycles. The highest BCUT2D eigenvalue weighted by Gasteiger charge is 2.47. The Kier molecular flexibility index (Phi) is 6.00. The first-order valence-corrected chi connectivity index (χ1v) is 9.93. The summed E-state index contributed by atoms with van der Waals surface area (Å²) in [5.41, 5.74) is -1.58. The topological polar surface area (TPSA) is 109 Å². The molecular weight excluding hydrogens is 469 g/mol. The number of hydrazone groups is 1. The van der Waals surface area contributed by atoms with Crippen molar-refractivity contribution in [2.45, 2.75) is 6.18 Å². The zero-order valence-corrected chi connectivity index (χ0v) is 17.9. The van der Waals surface area contributed by atoms with Gasteiger partial charge in [0.1, 0.15) is 11.5 Å². The van der Waals surface area contributed by atoms with E-state index < -0.39 is 35.3 Å². The maximum atomic E-state index is 13.7. The van der Waals surface area contributed by atoms with Gasteiger partial charge in [-0.1, -0.05) is 12.1 Å². The van der Waals surface area contributed by atoms with Gasteiger partial charge in [-0.2, -0.15) is 23.3 Å². The minimum absolute atomic E-state index is 0.0371. The molecule has 0 unspecified atom stereocenters. The Morgan fingerprint density at radius 1 is 1.06 bits per heavy atom. The normalized spacial score (nSPS) is 14.9. The first-order valence-electron chi connectivity index (χ1n) is 9.93. The number of aromatic carboxylic acids is 1. The fourth-order valence-corrected chi connectivity index (χ4v) is 3.32. The molecule has 178 valence electrons. The van der Waals surface area contributed by atoms with Crippen molar-refractivity contribution in [1.82, 2.24) is 0 Å². The predicted octanol–water partition coefficient (Wildman–Crippen LogP) is 4.78.